The summed E-state index contributed by atoms with van der Waals surface area (Å²) < 4.78 is 13.2. The lowest BCUT2D eigenvalue weighted by Crippen LogP contribution is -2.44. The number of fused-ring (bicyclic) bond motifs is 1. The summed E-state index contributed by atoms with van der Waals surface area (Å²) in [6.07, 6.45) is 0.564. The van der Waals surface area contributed by atoms with Gasteiger partial charge in [0.05, 0.1) is 17.1 Å². The average molecular weight is 427 g/mol. The highest BCUT2D eigenvalue weighted by atomic mass is 35.5. The van der Waals surface area contributed by atoms with Gasteiger partial charge in [-0.2, -0.15) is 0 Å². The Labute approximate surface area is 178 Å². The number of carbonyl (C=O) groups excluding carboxylic acids is 1. The second-order valence-electron chi connectivity index (χ2n) is 6.94. The Balaban J connectivity index is 1.77. The molecule has 6 heteroatoms. The van der Waals surface area contributed by atoms with Crippen LogP contribution in [0.5, 0.6) is 0 Å². The summed E-state index contributed by atoms with van der Waals surface area (Å²) in [5.74, 6) is -0.474. The van der Waals surface area contributed by atoms with Crippen LogP contribution in [0.25, 0.3) is 0 Å². The van der Waals surface area contributed by atoms with Crippen LogP contribution in [0, 0.1) is 5.82 Å². The maximum Gasteiger partial charge on any atom is 0.258 e. The molecule has 1 amide bonds. The first-order chi connectivity index (χ1) is 13.9. The van der Waals surface area contributed by atoms with Gasteiger partial charge in [0.15, 0.2) is 0 Å². The van der Waals surface area contributed by atoms with E-state index in [0.717, 1.165) is 17.0 Å². The van der Waals surface area contributed by atoms with Crippen molar-refractivity contribution in [1.82, 2.24) is 0 Å². The number of hydrogen-bond acceptors (Lipinski definition) is 2. The molecule has 0 bridgehead atoms. The highest BCUT2D eigenvalue weighted by Gasteiger charge is 2.32. The van der Waals surface area contributed by atoms with Crippen LogP contribution in [0.15, 0.2) is 71.7 Å². The summed E-state index contributed by atoms with van der Waals surface area (Å²) in [6.45, 7) is 1.97. The van der Waals surface area contributed by atoms with Crippen LogP contribution < -0.4 is 4.90 Å². The summed E-state index contributed by atoms with van der Waals surface area (Å²) in [7, 11) is 0. The molecule has 3 aromatic carbocycles. The third-order valence-corrected chi connectivity index (χ3v) is 5.26. The van der Waals surface area contributed by atoms with Gasteiger partial charge in [0.25, 0.3) is 5.91 Å². The van der Waals surface area contributed by atoms with E-state index in [1.54, 1.807) is 35.2 Å². The normalized spacial score (nSPS) is 17.3. The van der Waals surface area contributed by atoms with E-state index in [0.29, 0.717) is 27.7 Å². The Kier molecular flexibility index (Phi) is 5.39. The molecule has 0 fully saturated rings. The van der Waals surface area contributed by atoms with E-state index in [-0.39, 0.29) is 17.8 Å². The topological polar surface area (TPSA) is 32.7 Å². The number of amides is 1. The minimum Gasteiger partial charge on any atom is -0.305 e. The zero-order valence-corrected chi connectivity index (χ0v) is 17.1. The van der Waals surface area contributed by atoms with Gasteiger partial charge in [0.2, 0.25) is 0 Å². The Morgan fingerprint density at radius 3 is 2.38 bits per heavy atom. The number of carbonyl (C=O) groups is 1. The van der Waals surface area contributed by atoms with Gasteiger partial charge in [-0.25, -0.2) is 4.39 Å². The van der Waals surface area contributed by atoms with Gasteiger partial charge in [-0.15, -0.1) is 0 Å². The van der Waals surface area contributed by atoms with Crippen molar-refractivity contribution in [2.75, 3.05) is 4.90 Å². The average Bonchev–Trinajstić information content (AvgIpc) is 2.69. The van der Waals surface area contributed by atoms with Crippen LogP contribution in [0.4, 0.5) is 15.8 Å². The van der Waals surface area contributed by atoms with Crippen molar-refractivity contribution in [2.45, 2.75) is 19.4 Å². The number of anilines is 1. The molecule has 0 aliphatic carbocycles. The first kappa shape index (κ1) is 19.6. The minimum atomic E-state index is -0.302. The summed E-state index contributed by atoms with van der Waals surface area (Å²) in [5, 5.41) is 0.828. The predicted octanol–water partition coefficient (Wildman–Crippen LogP) is 6.69. The first-order valence-corrected chi connectivity index (χ1v) is 9.90. The number of benzene rings is 3. The van der Waals surface area contributed by atoms with Crippen molar-refractivity contribution in [3.05, 3.63) is 93.7 Å². The molecule has 1 atom stereocenters. The maximum absolute atomic E-state index is 13.3. The predicted molar refractivity (Wildman–Crippen MR) is 116 cm³/mol. The molecule has 29 heavy (non-hydrogen) atoms. The van der Waals surface area contributed by atoms with Gasteiger partial charge >= 0.3 is 0 Å². The number of nitrogens with zero attached hydrogens (tertiary/aromatic N) is 2. The molecule has 4 rings (SSSR count). The molecule has 3 nitrogen and oxygen atoms in total. The van der Waals surface area contributed by atoms with Crippen LogP contribution in [0.2, 0.25) is 10.0 Å². The van der Waals surface area contributed by atoms with Crippen molar-refractivity contribution in [3.8, 4) is 0 Å². The third kappa shape index (κ3) is 4.04. The fourth-order valence-corrected chi connectivity index (χ4v) is 4.08. The molecule has 0 aromatic heterocycles. The highest BCUT2D eigenvalue weighted by molar-refractivity contribution is 6.35. The zero-order chi connectivity index (χ0) is 20.5. The van der Waals surface area contributed by atoms with Crippen LogP contribution in [-0.4, -0.2) is 17.7 Å². The van der Waals surface area contributed by atoms with Gasteiger partial charge in [0.1, 0.15) is 5.82 Å². The molecule has 0 saturated carbocycles. The number of halogens is 3. The lowest BCUT2D eigenvalue weighted by molar-refractivity contribution is 0.0978. The summed E-state index contributed by atoms with van der Waals surface area (Å²) >= 11 is 12.2. The van der Waals surface area contributed by atoms with Crippen molar-refractivity contribution in [1.29, 1.82) is 0 Å². The number of hydrogen-bond donors (Lipinski definition) is 0. The molecular weight excluding hydrogens is 410 g/mol. The second-order valence-corrected chi connectivity index (χ2v) is 7.81. The number of rotatable bonds is 2. The van der Waals surface area contributed by atoms with Gasteiger partial charge < -0.3 is 4.90 Å². The van der Waals surface area contributed by atoms with E-state index in [4.69, 9.17) is 28.2 Å². The van der Waals surface area contributed by atoms with E-state index >= 15 is 0 Å². The largest absolute Gasteiger partial charge is 0.305 e. The lowest BCUT2D eigenvalue weighted by atomic mass is 9.93. The Morgan fingerprint density at radius 1 is 1.03 bits per heavy atom. The van der Waals surface area contributed by atoms with Crippen LogP contribution >= 0.6 is 23.2 Å². The van der Waals surface area contributed by atoms with E-state index < -0.39 is 0 Å². The van der Waals surface area contributed by atoms with E-state index in [1.807, 2.05) is 31.2 Å². The zero-order valence-electron chi connectivity index (χ0n) is 15.6. The van der Waals surface area contributed by atoms with E-state index in [9.17, 15) is 9.18 Å². The second kappa shape index (κ2) is 7.97. The van der Waals surface area contributed by atoms with Gasteiger partial charge in [0, 0.05) is 33.6 Å². The lowest BCUT2D eigenvalue weighted by Gasteiger charge is -2.36. The summed E-state index contributed by atoms with van der Waals surface area (Å²) in [5.41, 5.74) is 3.60. The van der Waals surface area contributed by atoms with Gasteiger partial charge in [-0.05, 0) is 55.5 Å². The van der Waals surface area contributed by atoms with Gasteiger partial charge in [-0.1, -0.05) is 41.4 Å². The minimum absolute atomic E-state index is 0.130. The van der Waals surface area contributed by atoms with E-state index in [2.05, 4.69) is 0 Å². The molecule has 0 saturated heterocycles. The number of aliphatic imine (C=N–C) groups is 1. The van der Waals surface area contributed by atoms with Crippen molar-refractivity contribution < 1.29 is 9.18 Å². The Morgan fingerprint density at radius 2 is 1.69 bits per heavy atom. The van der Waals surface area contributed by atoms with E-state index in [1.165, 1.54) is 12.1 Å². The van der Waals surface area contributed by atoms with Crippen LogP contribution in [0.3, 0.4) is 0 Å². The summed E-state index contributed by atoms with van der Waals surface area (Å²) in [6, 6.07) is 18.4. The van der Waals surface area contributed by atoms with Crippen molar-refractivity contribution in [2.24, 2.45) is 4.99 Å². The molecule has 1 unspecified atom stereocenters. The quantitative estimate of drug-likeness (QED) is 0.448. The van der Waals surface area contributed by atoms with Crippen LogP contribution in [0.1, 0.15) is 29.3 Å². The SMILES string of the molecule is CC1CC(=Nc2ccc(F)cc2)c2ccccc2N1C(=O)c1cc(Cl)cc(Cl)c1. The van der Waals surface area contributed by atoms with Crippen molar-refractivity contribution >= 4 is 46.2 Å². The Bertz CT molecular complexity index is 1090. The summed E-state index contributed by atoms with van der Waals surface area (Å²) in [4.78, 5) is 19.8. The first-order valence-electron chi connectivity index (χ1n) is 9.14. The molecular formula is C23H17Cl2FN2O. The van der Waals surface area contributed by atoms with Crippen LogP contribution in [-0.2, 0) is 0 Å². The molecule has 1 aliphatic rings. The standard InChI is InChI=1S/C23H17Cl2FN2O/c1-14-10-21(27-19-8-6-18(26)7-9-19)20-4-2-3-5-22(20)28(14)23(29)15-11-16(24)13-17(25)12-15/h2-9,11-14H,10H2,1H3. The monoisotopic (exact) mass is 426 g/mol. The fraction of sp³-hybridized carbons (Fsp3) is 0.130. The maximum atomic E-state index is 13.3. The number of para-hydroxylation sites is 1. The molecule has 0 N–H and O–H groups in total. The fourth-order valence-electron chi connectivity index (χ4n) is 3.55. The molecule has 0 radical (unpaired) electrons. The molecule has 1 heterocycles. The Hall–Kier alpha value is -2.69. The van der Waals surface area contributed by atoms with Gasteiger partial charge in [-0.3, -0.25) is 9.79 Å². The smallest absolute Gasteiger partial charge is 0.258 e. The third-order valence-electron chi connectivity index (χ3n) is 4.82. The molecule has 3 aromatic rings. The molecule has 146 valence electrons. The van der Waals surface area contributed by atoms with Crippen molar-refractivity contribution in [3.63, 3.8) is 0 Å². The molecule has 0 spiro atoms. The highest BCUT2D eigenvalue weighted by Crippen LogP contribution is 2.34. The molecule has 1 aliphatic heterocycles.